The summed E-state index contributed by atoms with van der Waals surface area (Å²) in [4.78, 5) is 26.8. The first-order valence-electron chi connectivity index (χ1n) is 9.67. The molecule has 1 aliphatic rings. The molecule has 0 aliphatic carbocycles. The predicted molar refractivity (Wildman–Crippen MR) is 112 cm³/mol. The van der Waals surface area contributed by atoms with Gasteiger partial charge in [0.2, 0.25) is 5.75 Å². The van der Waals surface area contributed by atoms with E-state index in [2.05, 4.69) is 19.9 Å². The molecule has 2 aromatic heterocycles. The number of rotatable bonds is 6. The van der Waals surface area contributed by atoms with Crippen molar-refractivity contribution in [2.45, 2.75) is 19.5 Å². The minimum atomic E-state index is -0.116. The summed E-state index contributed by atoms with van der Waals surface area (Å²) in [5, 5.41) is 0. The lowest BCUT2D eigenvalue weighted by Gasteiger charge is -2.28. The van der Waals surface area contributed by atoms with Crippen LogP contribution in [0.1, 0.15) is 16.8 Å². The molecule has 0 saturated carbocycles. The zero-order valence-corrected chi connectivity index (χ0v) is 17.3. The van der Waals surface area contributed by atoms with Crippen LogP contribution < -0.4 is 19.8 Å². The smallest absolute Gasteiger partial charge is 0.255 e. The van der Waals surface area contributed by atoms with E-state index < -0.39 is 0 Å². The van der Waals surface area contributed by atoms with Gasteiger partial charge in [0.25, 0.3) is 5.56 Å². The van der Waals surface area contributed by atoms with Crippen LogP contribution in [0.4, 0.5) is 0 Å². The molecule has 0 fully saturated rings. The number of aromatic amines is 1. The highest BCUT2D eigenvalue weighted by Crippen LogP contribution is 2.38. The summed E-state index contributed by atoms with van der Waals surface area (Å²) in [6.45, 7) is 1.97. The fourth-order valence-electron chi connectivity index (χ4n) is 3.72. The van der Waals surface area contributed by atoms with Crippen LogP contribution in [0.15, 0.2) is 41.3 Å². The summed E-state index contributed by atoms with van der Waals surface area (Å²) < 4.78 is 16.3. The summed E-state index contributed by atoms with van der Waals surface area (Å²) >= 11 is 0. The molecule has 1 N–H and O–H groups in total. The predicted octanol–water partition coefficient (Wildman–Crippen LogP) is 2.42. The monoisotopic (exact) mass is 408 g/mol. The normalized spacial score (nSPS) is 13.6. The first kappa shape index (κ1) is 19.9. The summed E-state index contributed by atoms with van der Waals surface area (Å²) in [7, 11) is 4.78. The molecule has 0 atom stereocenters. The quantitative estimate of drug-likeness (QED) is 0.670. The third-order valence-electron chi connectivity index (χ3n) is 5.19. The van der Waals surface area contributed by atoms with E-state index in [1.54, 1.807) is 27.5 Å². The first-order chi connectivity index (χ1) is 14.6. The number of nitrogens with zero attached hydrogens (tertiary/aromatic N) is 3. The minimum Gasteiger partial charge on any atom is -0.493 e. The Bertz CT molecular complexity index is 1070. The molecule has 30 heavy (non-hydrogen) atoms. The Morgan fingerprint density at radius 2 is 1.87 bits per heavy atom. The summed E-state index contributed by atoms with van der Waals surface area (Å²) in [6.07, 6.45) is 2.39. The SMILES string of the molecule is COc1cc(CN2CCc3nc(-c4ccccn4)[nH]c(=O)c3C2)cc(OC)c1OC. The van der Waals surface area contributed by atoms with Crippen LogP contribution in [0.25, 0.3) is 11.5 Å². The molecule has 0 bridgehead atoms. The van der Waals surface area contributed by atoms with Crippen molar-refractivity contribution < 1.29 is 14.2 Å². The fraction of sp³-hybridized carbons (Fsp3) is 0.318. The topological polar surface area (TPSA) is 89.6 Å². The van der Waals surface area contributed by atoms with Gasteiger partial charge in [-0.1, -0.05) is 6.07 Å². The minimum absolute atomic E-state index is 0.116. The van der Waals surface area contributed by atoms with Gasteiger partial charge in [-0.15, -0.1) is 0 Å². The Kier molecular flexibility index (Phi) is 5.67. The van der Waals surface area contributed by atoms with E-state index in [4.69, 9.17) is 14.2 Å². The number of benzene rings is 1. The van der Waals surface area contributed by atoms with Gasteiger partial charge in [0.15, 0.2) is 17.3 Å². The molecule has 0 saturated heterocycles. The van der Waals surface area contributed by atoms with Gasteiger partial charge < -0.3 is 19.2 Å². The second-order valence-corrected chi connectivity index (χ2v) is 7.05. The Balaban J connectivity index is 1.58. The standard InChI is InChI=1S/C22H24N4O4/c1-28-18-10-14(11-19(29-2)20(18)30-3)12-26-9-7-16-15(13-26)22(27)25-21(24-16)17-6-4-5-8-23-17/h4-6,8,10-11H,7,9,12-13H2,1-3H3,(H,24,25,27). The second kappa shape index (κ2) is 8.54. The molecule has 8 nitrogen and oxygen atoms in total. The molecule has 156 valence electrons. The van der Waals surface area contributed by atoms with Gasteiger partial charge in [-0.05, 0) is 29.8 Å². The highest BCUT2D eigenvalue weighted by molar-refractivity contribution is 5.54. The molecule has 0 spiro atoms. The Morgan fingerprint density at radius 1 is 1.10 bits per heavy atom. The van der Waals surface area contributed by atoms with E-state index >= 15 is 0 Å². The molecule has 1 aromatic carbocycles. The Labute approximate surface area is 174 Å². The van der Waals surface area contributed by atoms with Gasteiger partial charge in [-0.25, -0.2) is 4.98 Å². The van der Waals surface area contributed by atoms with Gasteiger partial charge in [0.05, 0.1) is 32.6 Å². The second-order valence-electron chi connectivity index (χ2n) is 7.05. The van der Waals surface area contributed by atoms with Gasteiger partial charge in [0, 0.05) is 32.3 Å². The zero-order valence-electron chi connectivity index (χ0n) is 17.3. The molecule has 0 amide bonds. The van der Waals surface area contributed by atoms with Crippen molar-refractivity contribution in [1.82, 2.24) is 19.9 Å². The van der Waals surface area contributed by atoms with Crippen LogP contribution in [-0.4, -0.2) is 47.7 Å². The lowest BCUT2D eigenvalue weighted by atomic mass is 10.1. The van der Waals surface area contributed by atoms with Gasteiger partial charge in [-0.3, -0.25) is 14.7 Å². The molecule has 1 aliphatic heterocycles. The summed E-state index contributed by atoms with van der Waals surface area (Å²) in [5.41, 5.74) is 3.10. The third-order valence-corrected chi connectivity index (χ3v) is 5.19. The van der Waals surface area contributed by atoms with E-state index in [0.717, 1.165) is 17.8 Å². The molecule has 0 unspecified atom stereocenters. The third kappa shape index (κ3) is 3.86. The van der Waals surface area contributed by atoms with Crippen molar-refractivity contribution in [3.05, 3.63) is 63.7 Å². The fourth-order valence-corrected chi connectivity index (χ4v) is 3.72. The van der Waals surface area contributed by atoms with Crippen LogP contribution in [-0.2, 0) is 19.5 Å². The largest absolute Gasteiger partial charge is 0.493 e. The highest BCUT2D eigenvalue weighted by Gasteiger charge is 2.23. The van der Waals surface area contributed by atoms with Crippen molar-refractivity contribution in [3.63, 3.8) is 0 Å². The van der Waals surface area contributed by atoms with Crippen LogP contribution in [0.2, 0.25) is 0 Å². The molecule has 0 radical (unpaired) electrons. The number of ether oxygens (including phenoxy) is 3. The number of H-pyrrole nitrogens is 1. The van der Waals surface area contributed by atoms with Crippen molar-refractivity contribution in [3.8, 4) is 28.8 Å². The van der Waals surface area contributed by atoms with Crippen molar-refractivity contribution in [2.24, 2.45) is 0 Å². The number of hydrogen-bond acceptors (Lipinski definition) is 7. The van der Waals surface area contributed by atoms with Gasteiger partial charge in [0.1, 0.15) is 5.69 Å². The van der Waals surface area contributed by atoms with Gasteiger partial charge >= 0.3 is 0 Å². The van der Waals surface area contributed by atoms with E-state index in [1.165, 1.54) is 0 Å². The van der Waals surface area contributed by atoms with Crippen LogP contribution in [0, 0.1) is 0 Å². The first-order valence-corrected chi connectivity index (χ1v) is 9.67. The Morgan fingerprint density at radius 3 is 2.50 bits per heavy atom. The van der Waals surface area contributed by atoms with E-state index in [9.17, 15) is 4.79 Å². The number of fused-ring (bicyclic) bond motifs is 1. The lowest BCUT2D eigenvalue weighted by Crippen LogP contribution is -2.35. The maximum atomic E-state index is 12.7. The highest BCUT2D eigenvalue weighted by atomic mass is 16.5. The summed E-state index contributed by atoms with van der Waals surface area (Å²) in [6, 6.07) is 9.42. The van der Waals surface area contributed by atoms with E-state index in [0.29, 0.717) is 53.8 Å². The van der Waals surface area contributed by atoms with Gasteiger partial charge in [-0.2, -0.15) is 0 Å². The van der Waals surface area contributed by atoms with Crippen molar-refractivity contribution in [2.75, 3.05) is 27.9 Å². The van der Waals surface area contributed by atoms with Crippen LogP contribution >= 0.6 is 0 Å². The average Bonchev–Trinajstić information content (AvgIpc) is 2.79. The lowest BCUT2D eigenvalue weighted by molar-refractivity contribution is 0.240. The van der Waals surface area contributed by atoms with Crippen LogP contribution in [0.5, 0.6) is 17.2 Å². The number of aromatic nitrogens is 3. The molecular weight excluding hydrogens is 384 g/mol. The molecule has 8 heteroatoms. The molecule has 3 heterocycles. The van der Waals surface area contributed by atoms with E-state index in [1.807, 2.05) is 30.3 Å². The maximum absolute atomic E-state index is 12.7. The number of pyridine rings is 1. The zero-order chi connectivity index (χ0) is 21.1. The number of methoxy groups -OCH3 is 3. The van der Waals surface area contributed by atoms with Crippen molar-refractivity contribution >= 4 is 0 Å². The maximum Gasteiger partial charge on any atom is 0.255 e. The molecule has 3 aromatic rings. The molecule has 4 rings (SSSR count). The molecular formula is C22H24N4O4. The summed E-state index contributed by atoms with van der Waals surface area (Å²) in [5.74, 6) is 2.31. The number of nitrogens with one attached hydrogen (secondary N) is 1. The average molecular weight is 408 g/mol. The Hall–Kier alpha value is -3.39. The van der Waals surface area contributed by atoms with Crippen LogP contribution in [0.3, 0.4) is 0 Å². The number of hydrogen-bond donors (Lipinski definition) is 1. The van der Waals surface area contributed by atoms with E-state index in [-0.39, 0.29) is 5.56 Å². The van der Waals surface area contributed by atoms with Crippen molar-refractivity contribution in [1.29, 1.82) is 0 Å².